The van der Waals surface area contributed by atoms with Crippen LogP contribution in [-0.2, 0) is 0 Å². The average molecular weight is 308 g/mol. The summed E-state index contributed by atoms with van der Waals surface area (Å²) in [4.78, 5) is 23.4. The van der Waals surface area contributed by atoms with E-state index in [0.29, 0.717) is 26.9 Å². The topological polar surface area (TPSA) is 46.2 Å². The van der Waals surface area contributed by atoms with Gasteiger partial charge in [0.05, 0.1) is 0 Å². The van der Waals surface area contributed by atoms with Gasteiger partial charge in [0.15, 0.2) is 5.78 Å². The van der Waals surface area contributed by atoms with Gasteiger partial charge in [0.25, 0.3) is 5.91 Å². The molecule has 0 aliphatic heterocycles. The largest absolute Gasteiger partial charge is 0.322 e. The zero-order valence-corrected chi connectivity index (χ0v) is 12.1. The molecule has 0 saturated carbocycles. The third-order valence-corrected chi connectivity index (χ3v) is 3.09. The van der Waals surface area contributed by atoms with E-state index in [1.807, 2.05) is 0 Å². The lowest BCUT2D eigenvalue weighted by atomic mass is 10.1. The van der Waals surface area contributed by atoms with Crippen molar-refractivity contribution in [3.8, 4) is 0 Å². The molecule has 0 fully saturated rings. The fourth-order valence-corrected chi connectivity index (χ4v) is 2.23. The van der Waals surface area contributed by atoms with Crippen molar-refractivity contribution in [2.24, 2.45) is 0 Å². The number of carbonyl (C=O) groups excluding carboxylic acids is 2. The minimum absolute atomic E-state index is 0.0631. The molecule has 0 aliphatic carbocycles. The number of halogens is 2. The van der Waals surface area contributed by atoms with Crippen molar-refractivity contribution < 1.29 is 9.59 Å². The third-order valence-electron chi connectivity index (χ3n) is 2.65. The molecular weight excluding hydrogens is 297 g/mol. The van der Waals surface area contributed by atoms with Gasteiger partial charge in [-0.3, -0.25) is 9.59 Å². The summed E-state index contributed by atoms with van der Waals surface area (Å²) in [6, 6.07) is 11.3. The molecule has 0 radical (unpaired) electrons. The Morgan fingerprint density at radius 3 is 2.20 bits per heavy atom. The molecule has 3 nitrogen and oxygen atoms in total. The summed E-state index contributed by atoms with van der Waals surface area (Å²) in [6.45, 7) is 1.47. The molecule has 0 spiro atoms. The highest BCUT2D eigenvalue weighted by molar-refractivity contribution is 6.35. The summed E-state index contributed by atoms with van der Waals surface area (Å²) < 4.78 is 0. The number of rotatable bonds is 3. The Hall–Kier alpha value is -1.84. The van der Waals surface area contributed by atoms with Crippen LogP contribution in [-0.4, -0.2) is 11.7 Å². The van der Waals surface area contributed by atoms with Crippen molar-refractivity contribution in [3.05, 3.63) is 63.6 Å². The van der Waals surface area contributed by atoms with E-state index in [1.165, 1.54) is 19.1 Å². The summed E-state index contributed by atoms with van der Waals surface area (Å²) in [6.07, 6.45) is 0. The molecule has 102 valence electrons. The molecule has 5 heteroatoms. The predicted octanol–water partition coefficient (Wildman–Crippen LogP) is 4.45. The number of nitrogens with one attached hydrogen (secondary N) is 1. The molecule has 0 aliphatic rings. The summed E-state index contributed by atoms with van der Waals surface area (Å²) >= 11 is 11.7. The Bertz CT molecular complexity index is 663. The number of hydrogen-bond donors (Lipinski definition) is 1. The SMILES string of the molecule is CC(=O)c1cccc(NC(=O)c2cc(Cl)cc(Cl)c2)c1. The second-order valence-corrected chi connectivity index (χ2v) is 5.12. The van der Waals surface area contributed by atoms with Gasteiger partial charge < -0.3 is 5.32 Å². The molecule has 2 aromatic carbocycles. The number of anilines is 1. The molecule has 2 rings (SSSR count). The van der Waals surface area contributed by atoms with Gasteiger partial charge in [-0.15, -0.1) is 0 Å². The Kier molecular flexibility index (Phi) is 4.42. The Labute approximate surface area is 126 Å². The van der Waals surface area contributed by atoms with Crippen LogP contribution in [0.5, 0.6) is 0 Å². The monoisotopic (exact) mass is 307 g/mol. The first kappa shape index (κ1) is 14.6. The maximum Gasteiger partial charge on any atom is 0.255 e. The predicted molar refractivity (Wildman–Crippen MR) is 80.9 cm³/mol. The van der Waals surface area contributed by atoms with Crippen molar-refractivity contribution in [3.63, 3.8) is 0 Å². The van der Waals surface area contributed by atoms with Crippen molar-refractivity contribution in [1.82, 2.24) is 0 Å². The molecule has 2 aromatic rings. The van der Waals surface area contributed by atoms with Crippen LogP contribution < -0.4 is 5.32 Å². The number of Topliss-reactive ketones (excluding diaryl/α,β-unsaturated/α-hetero) is 1. The van der Waals surface area contributed by atoms with Gasteiger partial charge in [0.1, 0.15) is 0 Å². The highest BCUT2D eigenvalue weighted by atomic mass is 35.5. The average Bonchev–Trinajstić information content (AvgIpc) is 2.37. The van der Waals surface area contributed by atoms with Gasteiger partial charge in [-0.25, -0.2) is 0 Å². The number of hydrogen-bond acceptors (Lipinski definition) is 2. The molecule has 0 heterocycles. The third kappa shape index (κ3) is 3.59. The maximum absolute atomic E-state index is 12.1. The highest BCUT2D eigenvalue weighted by Crippen LogP contribution is 2.20. The van der Waals surface area contributed by atoms with Crippen LogP contribution >= 0.6 is 23.2 Å². The first-order valence-electron chi connectivity index (χ1n) is 5.84. The van der Waals surface area contributed by atoms with Crippen LogP contribution in [0.4, 0.5) is 5.69 Å². The number of benzene rings is 2. The lowest BCUT2D eigenvalue weighted by Gasteiger charge is -2.07. The van der Waals surface area contributed by atoms with Gasteiger partial charge in [0.2, 0.25) is 0 Å². The standard InChI is InChI=1S/C15H11Cl2NO2/c1-9(19)10-3-2-4-14(7-10)18-15(20)11-5-12(16)8-13(17)6-11/h2-8H,1H3,(H,18,20). The zero-order valence-electron chi connectivity index (χ0n) is 10.6. The van der Waals surface area contributed by atoms with Crippen LogP contribution in [0.2, 0.25) is 10.0 Å². The second-order valence-electron chi connectivity index (χ2n) is 4.25. The first-order valence-corrected chi connectivity index (χ1v) is 6.60. The van der Waals surface area contributed by atoms with E-state index < -0.39 is 0 Å². The van der Waals surface area contributed by atoms with E-state index in [-0.39, 0.29) is 11.7 Å². The summed E-state index contributed by atoms with van der Waals surface area (Å²) in [7, 11) is 0. The smallest absolute Gasteiger partial charge is 0.255 e. The molecule has 20 heavy (non-hydrogen) atoms. The van der Waals surface area contributed by atoms with E-state index >= 15 is 0 Å². The van der Waals surface area contributed by atoms with Crippen LogP contribution in [0.3, 0.4) is 0 Å². The van der Waals surface area contributed by atoms with E-state index in [4.69, 9.17) is 23.2 Å². The number of amides is 1. The van der Waals surface area contributed by atoms with Gasteiger partial charge >= 0.3 is 0 Å². The van der Waals surface area contributed by atoms with E-state index in [0.717, 1.165) is 0 Å². The molecule has 0 saturated heterocycles. The normalized spacial score (nSPS) is 10.2. The minimum atomic E-state index is -0.338. The van der Waals surface area contributed by atoms with Gasteiger partial charge in [-0.2, -0.15) is 0 Å². The lowest BCUT2D eigenvalue weighted by Crippen LogP contribution is -2.12. The summed E-state index contributed by atoms with van der Waals surface area (Å²) in [5.74, 6) is -0.401. The van der Waals surface area contributed by atoms with Crippen LogP contribution in [0.15, 0.2) is 42.5 Å². The second kappa shape index (κ2) is 6.07. The minimum Gasteiger partial charge on any atom is -0.322 e. The number of ketones is 1. The van der Waals surface area contributed by atoms with Gasteiger partial charge in [-0.1, -0.05) is 35.3 Å². The number of carbonyl (C=O) groups is 2. The van der Waals surface area contributed by atoms with Crippen molar-refractivity contribution >= 4 is 40.6 Å². The Morgan fingerprint density at radius 1 is 0.950 bits per heavy atom. The molecule has 0 aromatic heterocycles. The zero-order chi connectivity index (χ0) is 14.7. The summed E-state index contributed by atoms with van der Waals surface area (Å²) in [5, 5.41) is 3.48. The van der Waals surface area contributed by atoms with E-state index in [1.54, 1.807) is 30.3 Å². The molecule has 0 bridgehead atoms. The molecule has 0 unspecified atom stereocenters. The van der Waals surface area contributed by atoms with Crippen molar-refractivity contribution in [2.45, 2.75) is 6.92 Å². The molecule has 1 N–H and O–H groups in total. The first-order chi connectivity index (χ1) is 9.45. The lowest BCUT2D eigenvalue weighted by molar-refractivity contribution is 0.101. The van der Waals surface area contributed by atoms with Crippen LogP contribution in [0.1, 0.15) is 27.6 Å². The van der Waals surface area contributed by atoms with Crippen LogP contribution in [0, 0.1) is 0 Å². The van der Waals surface area contributed by atoms with Gasteiger partial charge in [-0.05, 0) is 37.3 Å². The van der Waals surface area contributed by atoms with Gasteiger partial charge in [0, 0.05) is 26.9 Å². The fourth-order valence-electron chi connectivity index (χ4n) is 1.70. The molecule has 1 amide bonds. The fraction of sp³-hybridized carbons (Fsp3) is 0.0667. The maximum atomic E-state index is 12.1. The Balaban J connectivity index is 2.23. The Morgan fingerprint density at radius 2 is 1.60 bits per heavy atom. The van der Waals surface area contributed by atoms with E-state index in [2.05, 4.69) is 5.32 Å². The molecular formula is C15H11Cl2NO2. The quantitative estimate of drug-likeness (QED) is 0.852. The van der Waals surface area contributed by atoms with Crippen molar-refractivity contribution in [2.75, 3.05) is 5.32 Å². The highest BCUT2D eigenvalue weighted by Gasteiger charge is 2.09. The van der Waals surface area contributed by atoms with E-state index in [9.17, 15) is 9.59 Å². The van der Waals surface area contributed by atoms with Crippen LogP contribution in [0.25, 0.3) is 0 Å². The molecule has 0 atom stereocenters. The summed E-state index contributed by atoms with van der Waals surface area (Å²) in [5.41, 5.74) is 1.43. The van der Waals surface area contributed by atoms with Crippen molar-refractivity contribution in [1.29, 1.82) is 0 Å².